The maximum atomic E-state index is 14.0. The van der Waals surface area contributed by atoms with Crippen LogP contribution in [-0.4, -0.2) is 35.8 Å². The van der Waals surface area contributed by atoms with Gasteiger partial charge in [0.15, 0.2) is 5.89 Å². The molecule has 3 fully saturated rings. The lowest BCUT2D eigenvalue weighted by Gasteiger charge is -2.36. The van der Waals surface area contributed by atoms with Gasteiger partial charge >= 0.3 is 0 Å². The van der Waals surface area contributed by atoms with Gasteiger partial charge in [0.1, 0.15) is 17.7 Å². The number of allylic oxidation sites excluding steroid dienone is 4. The van der Waals surface area contributed by atoms with E-state index in [1.54, 1.807) is 13.4 Å². The summed E-state index contributed by atoms with van der Waals surface area (Å²) in [7, 11) is 1.70. The normalized spacial score (nSPS) is 24.7. The van der Waals surface area contributed by atoms with E-state index in [2.05, 4.69) is 24.8 Å². The highest BCUT2D eigenvalue weighted by Crippen LogP contribution is 2.41. The third-order valence-electron chi connectivity index (χ3n) is 9.19. The molecule has 0 atom stereocenters. The monoisotopic (exact) mass is 558 g/mol. The van der Waals surface area contributed by atoms with E-state index < -0.39 is 0 Å². The van der Waals surface area contributed by atoms with E-state index >= 15 is 0 Å². The number of hydrogen-bond donors (Lipinski definition) is 1. The minimum Gasteiger partial charge on any atom is -0.497 e. The highest BCUT2D eigenvalue weighted by molar-refractivity contribution is 5.95. The minimum atomic E-state index is -0.280. The minimum absolute atomic E-state index is 0.0399. The van der Waals surface area contributed by atoms with Gasteiger partial charge in [-0.1, -0.05) is 30.4 Å². The number of ether oxygens (including phenoxy) is 1. The molecule has 0 saturated heterocycles. The van der Waals surface area contributed by atoms with Crippen molar-refractivity contribution in [3.05, 3.63) is 72.1 Å². The van der Waals surface area contributed by atoms with Gasteiger partial charge in [-0.25, -0.2) is 4.98 Å². The fraction of sp³-hybridized carbons (Fsp3) is 0.543. The summed E-state index contributed by atoms with van der Waals surface area (Å²) in [6.07, 6.45) is 15.1. The van der Waals surface area contributed by atoms with E-state index in [-0.39, 0.29) is 17.9 Å². The maximum Gasteiger partial charge on any atom is 0.230 e. The SMILES string of the molecule is C=C(/C=C\C(OC)=C(C)C)[C@H]1CC[C@H](CN(c2cccc(-c3coc(C4CC4)n3)c2)C(=O)[C@H]2CC[C@H](O)CC2)CC1. The summed E-state index contributed by atoms with van der Waals surface area (Å²) in [5.41, 5.74) is 5.04. The van der Waals surface area contributed by atoms with Crippen LogP contribution in [0.25, 0.3) is 11.3 Å². The smallest absolute Gasteiger partial charge is 0.230 e. The van der Waals surface area contributed by atoms with Gasteiger partial charge < -0.3 is 19.2 Å². The van der Waals surface area contributed by atoms with Crippen molar-refractivity contribution in [3.8, 4) is 11.3 Å². The number of carbonyl (C=O) groups is 1. The van der Waals surface area contributed by atoms with Crippen LogP contribution in [0.2, 0.25) is 0 Å². The van der Waals surface area contributed by atoms with Crippen LogP contribution in [0, 0.1) is 17.8 Å². The fourth-order valence-corrected chi connectivity index (χ4v) is 6.37. The number of benzene rings is 1. The molecule has 0 aliphatic heterocycles. The van der Waals surface area contributed by atoms with Crippen LogP contribution >= 0.6 is 0 Å². The van der Waals surface area contributed by atoms with Crippen LogP contribution in [-0.2, 0) is 9.53 Å². The maximum absolute atomic E-state index is 14.0. The molecule has 0 spiro atoms. The Hall–Kier alpha value is -3.12. The van der Waals surface area contributed by atoms with Crippen molar-refractivity contribution < 1.29 is 19.1 Å². The number of amides is 1. The van der Waals surface area contributed by atoms with Crippen molar-refractivity contribution in [2.45, 2.75) is 90.1 Å². The Morgan fingerprint density at radius 1 is 1.05 bits per heavy atom. The molecule has 3 aliphatic carbocycles. The molecule has 220 valence electrons. The number of methoxy groups -OCH3 is 1. The highest BCUT2D eigenvalue weighted by Gasteiger charge is 2.33. The average molecular weight is 559 g/mol. The first-order chi connectivity index (χ1) is 19.8. The standard InChI is InChI=1S/C35H46N2O4/c1-23(2)33(40-4)19-8-24(3)26-11-9-25(10-12-26)21-37(35(39)28-15-17-31(38)18-16-28)30-7-5-6-29(20-30)32-22-41-34(36-32)27-13-14-27/h5-8,19-20,22,25-28,31,38H,3,9-18,21H2,1-2,4H3/b19-8-/t25-,26-,28-,31-. The van der Waals surface area contributed by atoms with Gasteiger partial charge in [-0.15, -0.1) is 0 Å². The topological polar surface area (TPSA) is 75.8 Å². The first-order valence-electron chi connectivity index (χ1n) is 15.5. The Balaban J connectivity index is 1.29. The lowest BCUT2D eigenvalue weighted by atomic mass is 9.78. The van der Waals surface area contributed by atoms with Gasteiger partial charge in [0.05, 0.1) is 13.2 Å². The van der Waals surface area contributed by atoms with Gasteiger partial charge in [-0.3, -0.25) is 4.79 Å². The van der Waals surface area contributed by atoms with E-state index in [1.807, 2.05) is 37.0 Å². The van der Waals surface area contributed by atoms with Gasteiger partial charge in [0.25, 0.3) is 0 Å². The summed E-state index contributed by atoms with van der Waals surface area (Å²) in [4.78, 5) is 20.8. The second-order valence-corrected chi connectivity index (χ2v) is 12.5. The molecular weight excluding hydrogens is 512 g/mol. The van der Waals surface area contributed by atoms with Crippen molar-refractivity contribution in [2.75, 3.05) is 18.6 Å². The molecule has 0 unspecified atom stereocenters. The van der Waals surface area contributed by atoms with Gasteiger partial charge in [0, 0.05) is 29.6 Å². The lowest BCUT2D eigenvalue weighted by Crippen LogP contribution is -2.42. The van der Waals surface area contributed by atoms with Crippen LogP contribution in [0.1, 0.15) is 89.9 Å². The zero-order chi connectivity index (χ0) is 28.9. The number of hydrogen-bond acceptors (Lipinski definition) is 5. The number of aromatic nitrogens is 1. The third-order valence-corrected chi connectivity index (χ3v) is 9.19. The zero-order valence-corrected chi connectivity index (χ0v) is 25.0. The summed E-state index contributed by atoms with van der Waals surface area (Å²) in [5.74, 6) is 3.22. The molecule has 6 nitrogen and oxygen atoms in total. The fourth-order valence-electron chi connectivity index (χ4n) is 6.37. The molecule has 2 aromatic rings. The van der Waals surface area contributed by atoms with Crippen molar-refractivity contribution in [1.82, 2.24) is 4.98 Å². The Morgan fingerprint density at radius 2 is 1.76 bits per heavy atom. The van der Waals surface area contributed by atoms with Crippen LogP contribution in [0.4, 0.5) is 5.69 Å². The van der Waals surface area contributed by atoms with Crippen LogP contribution in [0.5, 0.6) is 0 Å². The van der Waals surface area contributed by atoms with Gasteiger partial charge in [-0.05, 0) is 114 Å². The Bertz CT molecular complexity index is 1270. The van der Waals surface area contributed by atoms with E-state index in [1.165, 1.54) is 0 Å². The number of aliphatic hydroxyl groups is 1. The van der Waals surface area contributed by atoms with Crippen LogP contribution in [0.15, 0.2) is 70.6 Å². The first kappa shape index (κ1) is 29.4. The number of aliphatic hydroxyl groups excluding tert-OH is 1. The number of anilines is 1. The number of oxazole rings is 1. The largest absolute Gasteiger partial charge is 0.497 e. The molecule has 1 amide bonds. The average Bonchev–Trinajstić information content (AvgIpc) is 3.72. The summed E-state index contributed by atoms with van der Waals surface area (Å²) in [5, 5.41) is 10.1. The molecule has 3 saturated carbocycles. The molecule has 1 heterocycles. The first-order valence-corrected chi connectivity index (χ1v) is 15.5. The summed E-state index contributed by atoms with van der Waals surface area (Å²) in [6.45, 7) is 9.18. The molecule has 0 bridgehead atoms. The lowest BCUT2D eigenvalue weighted by molar-refractivity contribution is -0.124. The second-order valence-electron chi connectivity index (χ2n) is 12.5. The molecule has 5 rings (SSSR count). The summed E-state index contributed by atoms with van der Waals surface area (Å²) < 4.78 is 11.2. The van der Waals surface area contributed by atoms with Crippen molar-refractivity contribution >= 4 is 11.6 Å². The van der Waals surface area contributed by atoms with E-state index in [0.717, 1.165) is 91.1 Å². The van der Waals surface area contributed by atoms with Gasteiger partial charge in [0.2, 0.25) is 5.91 Å². The molecule has 3 aliphatic rings. The Morgan fingerprint density at radius 3 is 2.41 bits per heavy atom. The molecule has 1 aromatic carbocycles. The molecule has 6 heteroatoms. The summed E-state index contributed by atoms with van der Waals surface area (Å²) in [6, 6.07) is 8.22. The van der Waals surface area contributed by atoms with Crippen molar-refractivity contribution in [3.63, 3.8) is 0 Å². The Kier molecular flexibility index (Phi) is 9.49. The van der Waals surface area contributed by atoms with Crippen molar-refractivity contribution in [2.24, 2.45) is 17.8 Å². The van der Waals surface area contributed by atoms with Crippen molar-refractivity contribution in [1.29, 1.82) is 0 Å². The molecule has 1 aromatic heterocycles. The van der Waals surface area contributed by atoms with E-state index in [4.69, 9.17) is 14.1 Å². The molecule has 0 radical (unpaired) electrons. The second kappa shape index (κ2) is 13.2. The molecule has 41 heavy (non-hydrogen) atoms. The predicted molar refractivity (Wildman–Crippen MR) is 163 cm³/mol. The molecule has 1 N–H and O–H groups in total. The number of nitrogens with zero attached hydrogens (tertiary/aromatic N) is 2. The van der Waals surface area contributed by atoms with E-state index in [9.17, 15) is 9.90 Å². The zero-order valence-electron chi connectivity index (χ0n) is 25.0. The number of rotatable bonds is 10. The van der Waals surface area contributed by atoms with E-state index in [0.29, 0.717) is 37.1 Å². The third kappa shape index (κ3) is 7.40. The van der Waals surface area contributed by atoms with Gasteiger partial charge in [-0.2, -0.15) is 0 Å². The quantitative estimate of drug-likeness (QED) is 0.236. The number of carbonyl (C=O) groups excluding carboxylic acids is 1. The predicted octanol–water partition coefficient (Wildman–Crippen LogP) is 7.96. The Labute approximate surface area is 245 Å². The van der Waals surface area contributed by atoms with Crippen LogP contribution in [0.3, 0.4) is 0 Å². The highest BCUT2D eigenvalue weighted by atomic mass is 16.5. The van der Waals surface area contributed by atoms with Crippen LogP contribution < -0.4 is 4.90 Å². The summed E-state index contributed by atoms with van der Waals surface area (Å²) >= 11 is 0. The molecular formula is C35H46N2O4.